The second kappa shape index (κ2) is 5.90. The Kier molecular flexibility index (Phi) is 4.45. The molecule has 0 fully saturated rings. The third-order valence-electron chi connectivity index (χ3n) is 2.57. The number of ether oxygens (including phenoxy) is 1. The Morgan fingerprint density at radius 3 is 2.58 bits per heavy atom. The van der Waals surface area contributed by atoms with Crippen molar-refractivity contribution in [1.29, 1.82) is 0 Å². The van der Waals surface area contributed by atoms with Crippen molar-refractivity contribution in [2.75, 3.05) is 0 Å². The van der Waals surface area contributed by atoms with Gasteiger partial charge in [0.15, 0.2) is 0 Å². The number of rotatable bonds is 3. The van der Waals surface area contributed by atoms with E-state index in [0.717, 1.165) is 15.8 Å². The van der Waals surface area contributed by atoms with Gasteiger partial charge >= 0.3 is 0 Å². The van der Waals surface area contributed by atoms with Crippen LogP contribution in [-0.4, -0.2) is 4.99 Å². The van der Waals surface area contributed by atoms with Gasteiger partial charge in [-0.25, -0.2) is 0 Å². The van der Waals surface area contributed by atoms with Crippen molar-refractivity contribution in [2.24, 2.45) is 5.73 Å². The maximum Gasteiger partial charge on any atom is 0.139 e. The third-order valence-corrected chi connectivity index (χ3v) is 3.51. The van der Waals surface area contributed by atoms with Gasteiger partial charge in [0.25, 0.3) is 0 Å². The molecular formula is C14H11BrClNOS. The predicted molar refractivity (Wildman–Crippen MR) is 86.3 cm³/mol. The van der Waals surface area contributed by atoms with Crippen LogP contribution in [0.15, 0.2) is 40.9 Å². The molecule has 5 heteroatoms. The molecule has 0 saturated heterocycles. The number of halogens is 2. The predicted octanol–water partition coefficient (Wildman–Crippen LogP) is 4.84. The highest BCUT2D eigenvalue weighted by atomic mass is 79.9. The lowest BCUT2D eigenvalue weighted by atomic mass is 10.2. The van der Waals surface area contributed by atoms with Gasteiger partial charge in [0.2, 0.25) is 0 Å². The lowest BCUT2D eigenvalue weighted by Gasteiger charge is -2.12. The maximum absolute atomic E-state index is 5.98. The van der Waals surface area contributed by atoms with Crippen molar-refractivity contribution in [3.05, 3.63) is 57.0 Å². The molecule has 0 heterocycles. The maximum atomic E-state index is 5.98. The average molecular weight is 357 g/mol. The lowest BCUT2D eigenvalue weighted by Crippen LogP contribution is -2.10. The van der Waals surface area contributed by atoms with Crippen LogP contribution in [0.4, 0.5) is 0 Å². The summed E-state index contributed by atoms with van der Waals surface area (Å²) in [7, 11) is 0. The first-order valence-electron chi connectivity index (χ1n) is 5.51. The van der Waals surface area contributed by atoms with Crippen molar-refractivity contribution in [3.63, 3.8) is 0 Å². The van der Waals surface area contributed by atoms with Crippen LogP contribution in [-0.2, 0) is 0 Å². The number of hydrogen-bond donors (Lipinski definition) is 1. The summed E-state index contributed by atoms with van der Waals surface area (Å²) in [6, 6.07) is 11.0. The zero-order chi connectivity index (χ0) is 14.0. The van der Waals surface area contributed by atoms with Crippen LogP contribution in [0.5, 0.6) is 11.5 Å². The SMILES string of the molecule is Cc1cc(Br)ccc1Oc1cc(Cl)ccc1C(N)=S. The number of aryl methyl sites for hydroxylation is 1. The van der Waals surface area contributed by atoms with Gasteiger partial charge in [-0.15, -0.1) is 0 Å². The molecule has 2 N–H and O–H groups in total. The fourth-order valence-corrected chi connectivity index (χ4v) is 2.44. The van der Waals surface area contributed by atoms with Gasteiger partial charge in [-0.05, 0) is 42.8 Å². The van der Waals surface area contributed by atoms with Crippen LogP contribution in [0.2, 0.25) is 5.02 Å². The van der Waals surface area contributed by atoms with Gasteiger partial charge in [0.1, 0.15) is 16.5 Å². The van der Waals surface area contributed by atoms with Crippen LogP contribution in [0.1, 0.15) is 11.1 Å². The minimum Gasteiger partial charge on any atom is -0.456 e. The molecule has 0 atom stereocenters. The second-order valence-corrected chi connectivity index (χ2v) is 5.81. The first-order chi connectivity index (χ1) is 8.97. The Morgan fingerprint density at radius 1 is 1.21 bits per heavy atom. The quantitative estimate of drug-likeness (QED) is 0.799. The van der Waals surface area contributed by atoms with Crippen LogP contribution in [0.3, 0.4) is 0 Å². The first-order valence-corrected chi connectivity index (χ1v) is 7.08. The van der Waals surface area contributed by atoms with E-state index in [-0.39, 0.29) is 4.99 Å². The van der Waals surface area contributed by atoms with Gasteiger partial charge in [0, 0.05) is 15.6 Å². The van der Waals surface area contributed by atoms with Gasteiger partial charge in [0.05, 0.1) is 5.56 Å². The molecule has 2 aromatic rings. The average Bonchev–Trinajstić information content (AvgIpc) is 2.32. The van der Waals surface area contributed by atoms with E-state index in [0.29, 0.717) is 16.3 Å². The van der Waals surface area contributed by atoms with Crippen molar-refractivity contribution < 1.29 is 4.74 Å². The summed E-state index contributed by atoms with van der Waals surface area (Å²) < 4.78 is 6.86. The van der Waals surface area contributed by atoms with E-state index >= 15 is 0 Å². The monoisotopic (exact) mass is 355 g/mol. The largest absolute Gasteiger partial charge is 0.456 e. The van der Waals surface area contributed by atoms with Gasteiger partial charge in [-0.3, -0.25) is 0 Å². The van der Waals surface area contributed by atoms with Crippen LogP contribution in [0, 0.1) is 6.92 Å². The first kappa shape index (κ1) is 14.3. The molecule has 0 amide bonds. The Balaban J connectivity index is 2.42. The van der Waals surface area contributed by atoms with Crippen molar-refractivity contribution >= 4 is 44.7 Å². The summed E-state index contributed by atoms with van der Waals surface area (Å²) >= 11 is 14.4. The van der Waals surface area contributed by atoms with Gasteiger partial charge in [-0.2, -0.15) is 0 Å². The molecular weight excluding hydrogens is 346 g/mol. The van der Waals surface area contributed by atoms with Crippen molar-refractivity contribution in [2.45, 2.75) is 6.92 Å². The Labute approximate surface area is 130 Å². The number of thiocarbonyl (C=S) groups is 1. The lowest BCUT2D eigenvalue weighted by molar-refractivity contribution is 0.478. The van der Waals surface area contributed by atoms with Gasteiger partial charge < -0.3 is 10.5 Å². The van der Waals surface area contributed by atoms with Crippen molar-refractivity contribution in [1.82, 2.24) is 0 Å². The summed E-state index contributed by atoms with van der Waals surface area (Å²) in [5, 5.41) is 0.574. The normalized spacial score (nSPS) is 10.3. The molecule has 0 radical (unpaired) electrons. The Bertz CT molecular complexity index is 645. The molecule has 2 rings (SSSR count). The summed E-state index contributed by atoms with van der Waals surface area (Å²) in [6.07, 6.45) is 0. The smallest absolute Gasteiger partial charge is 0.139 e. The molecule has 2 nitrogen and oxygen atoms in total. The molecule has 0 spiro atoms. The van der Waals surface area contributed by atoms with Crippen LogP contribution < -0.4 is 10.5 Å². The second-order valence-electron chi connectivity index (χ2n) is 4.02. The van der Waals surface area contributed by atoms with E-state index in [4.69, 9.17) is 34.3 Å². The van der Waals surface area contributed by atoms with E-state index in [1.165, 1.54) is 0 Å². The molecule has 0 unspecified atom stereocenters. The zero-order valence-corrected chi connectivity index (χ0v) is 13.3. The fourth-order valence-electron chi connectivity index (χ4n) is 1.63. The molecule has 0 aliphatic heterocycles. The highest BCUT2D eigenvalue weighted by Crippen LogP contribution is 2.31. The number of benzene rings is 2. The van der Waals surface area contributed by atoms with E-state index in [1.807, 2.05) is 25.1 Å². The molecule has 0 aromatic heterocycles. The summed E-state index contributed by atoms with van der Waals surface area (Å²) in [5.41, 5.74) is 7.35. The summed E-state index contributed by atoms with van der Waals surface area (Å²) in [5.74, 6) is 1.30. The summed E-state index contributed by atoms with van der Waals surface area (Å²) in [4.78, 5) is 0.279. The van der Waals surface area contributed by atoms with E-state index < -0.39 is 0 Å². The summed E-state index contributed by atoms with van der Waals surface area (Å²) in [6.45, 7) is 1.96. The molecule has 0 aliphatic carbocycles. The minimum absolute atomic E-state index is 0.279. The van der Waals surface area contributed by atoms with Crippen molar-refractivity contribution in [3.8, 4) is 11.5 Å². The van der Waals surface area contributed by atoms with Crippen LogP contribution >= 0.6 is 39.7 Å². The molecule has 2 aromatic carbocycles. The van der Waals surface area contributed by atoms with Gasteiger partial charge in [-0.1, -0.05) is 39.7 Å². The van der Waals surface area contributed by atoms with E-state index in [2.05, 4.69) is 15.9 Å². The zero-order valence-electron chi connectivity index (χ0n) is 10.1. The molecule has 0 saturated carbocycles. The minimum atomic E-state index is 0.279. The highest BCUT2D eigenvalue weighted by Gasteiger charge is 2.10. The standard InChI is InChI=1S/C14H11BrClNOS/c1-8-6-9(15)2-5-12(8)18-13-7-10(16)3-4-11(13)14(17)19/h2-7H,1H3,(H2,17,19). The molecule has 19 heavy (non-hydrogen) atoms. The topological polar surface area (TPSA) is 35.2 Å². The van der Waals surface area contributed by atoms with Crippen LogP contribution in [0.25, 0.3) is 0 Å². The number of hydrogen-bond acceptors (Lipinski definition) is 2. The highest BCUT2D eigenvalue weighted by molar-refractivity contribution is 9.10. The van der Waals surface area contributed by atoms with E-state index in [1.54, 1.807) is 18.2 Å². The molecule has 0 bridgehead atoms. The third kappa shape index (κ3) is 3.47. The van der Waals surface area contributed by atoms with E-state index in [9.17, 15) is 0 Å². The fraction of sp³-hybridized carbons (Fsp3) is 0.0714. The Morgan fingerprint density at radius 2 is 1.95 bits per heavy atom. The number of nitrogens with two attached hydrogens (primary N) is 1. The molecule has 98 valence electrons. The Hall–Kier alpha value is -1.10. The molecule has 0 aliphatic rings.